The summed E-state index contributed by atoms with van der Waals surface area (Å²) in [6, 6.07) is 8.56. The van der Waals surface area contributed by atoms with Crippen LogP contribution in [0.15, 0.2) is 24.3 Å². The molecule has 0 saturated heterocycles. The quantitative estimate of drug-likeness (QED) is 0.334. The third kappa shape index (κ3) is 7.34. The van der Waals surface area contributed by atoms with E-state index in [9.17, 15) is 10.2 Å². The van der Waals surface area contributed by atoms with Crippen molar-refractivity contribution in [3.63, 3.8) is 0 Å². The molecule has 4 unspecified atom stereocenters. The van der Waals surface area contributed by atoms with E-state index in [1.54, 1.807) is 0 Å². The van der Waals surface area contributed by atoms with Gasteiger partial charge in [0.1, 0.15) is 0 Å². The van der Waals surface area contributed by atoms with Gasteiger partial charge in [0.25, 0.3) is 0 Å². The van der Waals surface area contributed by atoms with E-state index in [-0.39, 0.29) is 44.9 Å². The first-order chi connectivity index (χ1) is 12.2. The molecule has 4 atom stereocenters. The Kier molecular flexibility index (Phi) is 12.5. The molecule has 1 aromatic carbocycles. The van der Waals surface area contributed by atoms with Crippen LogP contribution in [-0.2, 0) is 32.7 Å². The van der Waals surface area contributed by atoms with Crippen molar-refractivity contribution >= 4 is 0 Å². The minimum absolute atomic E-state index is 0. The summed E-state index contributed by atoms with van der Waals surface area (Å²) in [6.45, 7) is 6.10. The molecule has 1 radical (unpaired) electrons. The Morgan fingerprint density at radius 1 is 1.04 bits per heavy atom. The van der Waals surface area contributed by atoms with Gasteiger partial charge in [-0.2, -0.15) is 6.42 Å². The molecule has 26 heavy (non-hydrogen) atoms. The fourth-order valence-corrected chi connectivity index (χ4v) is 4.31. The van der Waals surface area contributed by atoms with Crippen LogP contribution in [0, 0.1) is 12.8 Å². The van der Waals surface area contributed by atoms with Crippen molar-refractivity contribution in [2.24, 2.45) is 5.92 Å². The number of rotatable bonds is 11. The van der Waals surface area contributed by atoms with Gasteiger partial charge in [-0.3, -0.25) is 0 Å². The second-order valence-corrected chi connectivity index (χ2v) is 7.80. The molecule has 1 aliphatic rings. The van der Waals surface area contributed by atoms with E-state index >= 15 is 0 Å². The summed E-state index contributed by atoms with van der Waals surface area (Å²) >= 11 is 0. The van der Waals surface area contributed by atoms with Crippen LogP contribution in [0.3, 0.4) is 0 Å². The number of unbranched alkanes of at least 4 members (excludes halogenated alkanes) is 5. The maximum absolute atomic E-state index is 10.4. The van der Waals surface area contributed by atoms with E-state index < -0.39 is 0 Å². The van der Waals surface area contributed by atoms with Gasteiger partial charge in [-0.1, -0.05) is 69.7 Å². The van der Waals surface area contributed by atoms with Crippen LogP contribution in [0.2, 0.25) is 0 Å². The molecule has 1 aliphatic carbocycles. The topological polar surface area (TPSA) is 40.5 Å². The van der Waals surface area contributed by atoms with Gasteiger partial charge in [-0.15, -0.1) is 0 Å². The monoisotopic (exact) mass is 434 g/mol. The maximum atomic E-state index is 10.4. The van der Waals surface area contributed by atoms with Gasteiger partial charge in [-0.25, -0.2) is 0 Å². The first-order valence-electron chi connectivity index (χ1n) is 10.4. The molecule has 145 valence electrons. The number of aliphatic hydroxyl groups is 2. The van der Waals surface area contributed by atoms with Crippen molar-refractivity contribution in [3.05, 3.63) is 42.3 Å². The molecule has 0 spiro atoms. The zero-order valence-electron chi connectivity index (χ0n) is 16.6. The summed E-state index contributed by atoms with van der Waals surface area (Å²) in [7, 11) is 0. The third-order valence-corrected chi connectivity index (χ3v) is 5.90. The Labute approximate surface area is 186 Å². The Hall–Kier alpha value is 0.244. The number of benzene rings is 1. The molecule has 2 rings (SSSR count). The van der Waals surface area contributed by atoms with Crippen molar-refractivity contribution in [3.8, 4) is 0 Å². The van der Waals surface area contributed by atoms with Crippen molar-refractivity contribution in [2.75, 3.05) is 0 Å². The van der Waals surface area contributed by atoms with Gasteiger partial charge in [0.2, 0.25) is 0 Å². The third-order valence-electron chi connectivity index (χ3n) is 5.90. The largest absolute Gasteiger partial charge is 0.393 e. The summed E-state index contributed by atoms with van der Waals surface area (Å²) < 4.78 is 0. The number of aliphatic hydroxyl groups excluding tert-OH is 2. The van der Waals surface area contributed by atoms with Crippen molar-refractivity contribution in [1.82, 2.24) is 0 Å². The zero-order valence-corrected chi connectivity index (χ0v) is 19.4. The second-order valence-electron chi connectivity index (χ2n) is 7.80. The molecule has 0 bridgehead atoms. The minimum Gasteiger partial charge on any atom is -0.393 e. The van der Waals surface area contributed by atoms with Crippen molar-refractivity contribution < 1.29 is 42.9 Å². The average Bonchev–Trinajstić information content (AvgIpc) is 3.00. The Balaban J connectivity index is 0.00000338. The minimum atomic E-state index is -0.340. The normalized spacial score (nSPS) is 23.6. The SMILES string of the molecule is [CH2-]CCCCCC1C(O)CCC1c1ccc(C(O)CCCCC)cc1.[Y]. The maximum Gasteiger partial charge on any atom is 0.0790 e. The molecule has 0 heterocycles. The molecule has 0 aliphatic heterocycles. The molecule has 0 aromatic heterocycles. The predicted octanol–water partition coefficient (Wildman–Crippen LogP) is 5.94. The van der Waals surface area contributed by atoms with Crippen LogP contribution in [0.1, 0.15) is 101 Å². The standard InChI is InChI=1S/C23H37O2.Y/c1-3-5-7-9-10-21-20(16-17-23(21)25)18-12-14-19(15-13-18)22(24)11-8-6-4-2;/h12-15,20-25H,1,3-11,16-17H2,2H3;/q-1;. The summed E-state index contributed by atoms with van der Waals surface area (Å²) in [5.41, 5.74) is 2.37. The van der Waals surface area contributed by atoms with Gasteiger partial charge < -0.3 is 17.1 Å². The van der Waals surface area contributed by atoms with Crippen LogP contribution in [-0.4, -0.2) is 16.3 Å². The van der Waals surface area contributed by atoms with Crippen molar-refractivity contribution in [1.29, 1.82) is 0 Å². The molecule has 1 fully saturated rings. The molecule has 1 saturated carbocycles. The van der Waals surface area contributed by atoms with Crippen LogP contribution in [0.25, 0.3) is 0 Å². The first kappa shape index (κ1) is 24.3. The second kappa shape index (κ2) is 13.4. The molecule has 2 N–H and O–H groups in total. The smallest absolute Gasteiger partial charge is 0.0790 e. The van der Waals surface area contributed by atoms with Gasteiger partial charge in [0, 0.05) is 32.7 Å². The molecule has 1 aromatic rings. The molecule has 3 heteroatoms. The van der Waals surface area contributed by atoms with Crippen LogP contribution in [0.4, 0.5) is 0 Å². The summed E-state index contributed by atoms with van der Waals surface area (Å²) in [5, 5.41) is 20.7. The van der Waals surface area contributed by atoms with Crippen LogP contribution >= 0.6 is 0 Å². The summed E-state index contributed by atoms with van der Waals surface area (Å²) in [4.78, 5) is 0. The van der Waals surface area contributed by atoms with Gasteiger partial charge in [0.15, 0.2) is 0 Å². The van der Waals surface area contributed by atoms with Crippen molar-refractivity contribution in [2.45, 2.75) is 95.7 Å². The van der Waals surface area contributed by atoms with E-state index in [4.69, 9.17) is 0 Å². The Morgan fingerprint density at radius 3 is 2.42 bits per heavy atom. The fourth-order valence-electron chi connectivity index (χ4n) is 4.31. The molecule has 0 amide bonds. The van der Waals surface area contributed by atoms with E-state index in [1.807, 2.05) is 0 Å². The molecular formula is C23H37O2Y-. The Bertz CT molecular complexity index is 474. The van der Waals surface area contributed by atoms with E-state index in [2.05, 4.69) is 38.1 Å². The summed E-state index contributed by atoms with van der Waals surface area (Å²) in [6.07, 6.45) is 11.6. The van der Waals surface area contributed by atoms with E-state index in [0.717, 1.165) is 44.1 Å². The van der Waals surface area contributed by atoms with Gasteiger partial charge in [0.05, 0.1) is 12.2 Å². The van der Waals surface area contributed by atoms with E-state index in [0.29, 0.717) is 11.8 Å². The van der Waals surface area contributed by atoms with E-state index in [1.165, 1.54) is 37.7 Å². The van der Waals surface area contributed by atoms with Gasteiger partial charge >= 0.3 is 0 Å². The van der Waals surface area contributed by atoms with Crippen LogP contribution in [0.5, 0.6) is 0 Å². The molecule has 2 nitrogen and oxygen atoms in total. The zero-order chi connectivity index (χ0) is 18.1. The fraction of sp³-hybridized carbons (Fsp3) is 0.696. The molecular weight excluding hydrogens is 397 g/mol. The first-order valence-corrected chi connectivity index (χ1v) is 10.4. The average molecular weight is 434 g/mol. The predicted molar refractivity (Wildman–Crippen MR) is 105 cm³/mol. The van der Waals surface area contributed by atoms with Gasteiger partial charge in [-0.05, 0) is 48.6 Å². The number of hydrogen-bond acceptors (Lipinski definition) is 2. The Morgan fingerprint density at radius 2 is 1.77 bits per heavy atom. The number of hydrogen-bond donors (Lipinski definition) is 2. The van der Waals surface area contributed by atoms with Crippen LogP contribution < -0.4 is 0 Å². The summed E-state index contributed by atoms with van der Waals surface area (Å²) in [5.74, 6) is 0.867.